The highest BCUT2D eigenvalue weighted by molar-refractivity contribution is 5.95. The van der Waals surface area contributed by atoms with Crippen molar-refractivity contribution in [3.8, 4) is 0 Å². The van der Waals surface area contributed by atoms with Crippen LogP contribution in [0.15, 0.2) is 96.6 Å². The van der Waals surface area contributed by atoms with E-state index in [4.69, 9.17) is 9.84 Å². The second-order valence-corrected chi connectivity index (χ2v) is 11.4. The van der Waals surface area contributed by atoms with Crippen LogP contribution in [-0.2, 0) is 11.2 Å². The lowest BCUT2D eigenvalue weighted by atomic mass is 9.77. The Morgan fingerprint density at radius 3 is 2.35 bits per heavy atom. The van der Waals surface area contributed by atoms with Gasteiger partial charge in [-0.25, -0.2) is 9.59 Å². The first-order chi connectivity index (χ1) is 19.2. The molecule has 0 aliphatic heterocycles. The van der Waals surface area contributed by atoms with Gasteiger partial charge in [0.2, 0.25) is 0 Å². The number of benzene rings is 4. The fourth-order valence-electron chi connectivity index (χ4n) is 5.49. The number of nitrogens with one attached hydrogen (secondary N) is 1. The number of alkyl carbamates (subject to hydrolysis) is 1. The number of carboxylic acid groups (broad SMARTS) is 1. The van der Waals surface area contributed by atoms with E-state index in [9.17, 15) is 9.59 Å². The molecule has 0 aromatic heterocycles. The molecule has 2 N–H and O–H groups in total. The highest BCUT2D eigenvalue weighted by atomic mass is 16.6. The Morgan fingerprint density at radius 1 is 0.900 bits per heavy atom. The minimum atomic E-state index is -0.884. The molecule has 0 heterocycles. The van der Waals surface area contributed by atoms with Crippen molar-refractivity contribution in [3.63, 3.8) is 0 Å². The maximum absolute atomic E-state index is 11.9. The van der Waals surface area contributed by atoms with Crippen LogP contribution in [-0.4, -0.2) is 29.3 Å². The molecule has 6 rings (SSSR count). The van der Waals surface area contributed by atoms with Gasteiger partial charge in [0, 0.05) is 6.54 Å². The molecule has 0 saturated carbocycles. The van der Waals surface area contributed by atoms with Gasteiger partial charge in [0.05, 0.1) is 5.56 Å². The summed E-state index contributed by atoms with van der Waals surface area (Å²) >= 11 is 0. The molecule has 0 radical (unpaired) electrons. The van der Waals surface area contributed by atoms with E-state index in [0.717, 1.165) is 30.0 Å². The molecule has 1 unspecified atom stereocenters. The number of amides is 1. The fourth-order valence-corrected chi connectivity index (χ4v) is 5.49. The Morgan fingerprint density at radius 2 is 1.60 bits per heavy atom. The Kier molecular flexibility index (Phi) is 7.74. The first-order valence-electron chi connectivity index (χ1n) is 13.8. The molecule has 5 nitrogen and oxygen atoms in total. The van der Waals surface area contributed by atoms with Gasteiger partial charge in [-0.1, -0.05) is 84.5 Å². The quantitative estimate of drug-likeness (QED) is 0.278. The zero-order chi connectivity index (χ0) is 28.3. The van der Waals surface area contributed by atoms with Crippen LogP contribution in [0.4, 0.5) is 4.79 Å². The predicted octanol–water partition coefficient (Wildman–Crippen LogP) is 8.18. The zero-order valence-electron chi connectivity index (χ0n) is 23.2. The van der Waals surface area contributed by atoms with Crippen LogP contribution in [0.25, 0.3) is 27.1 Å². The molecule has 5 heteroatoms. The third-order valence-corrected chi connectivity index (χ3v) is 7.34. The van der Waals surface area contributed by atoms with E-state index in [1.165, 1.54) is 33.0 Å². The number of carboxylic acids is 1. The lowest BCUT2D eigenvalue weighted by molar-refractivity contribution is 0.0521. The van der Waals surface area contributed by atoms with Gasteiger partial charge in [-0.15, -0.1) is 0 Å². The summed E-state index contributed by atoms with van der Waals surface area (Å²) in [6.07, 6.45) is 7.36. The number of ether oxygens (including phenoxy) is 1. The Balaban J connectivity index is 0.000000207. The van der Waals surface area contributed by atoms with Crippen LogP contribution in [0.5, 0.6) is 0 Å². The van der Waals surface area contributed by atoms with E-state index >= 15 is 0 Å². The summed E-state index contributed by atoms with van der Waals surface area (Å²) in [5.74, 6) is -0.552. The van der Waals surface area contributed by atoms with Crippen LogP contribution in [0.1, 0.15) is 55.1 Å². The van der Waals surface area contributed by atoms with Crippen molar-refractivity contribution < 1.29 is 19.4 Å². The van der Waals surface area contributed by atoms with Gasteiger partial charge in [0.1, 0.15) is 5.60 Å². The van der Waals surface area contributed by atoms with Crippen LogP contribution in [0, 0.1) is 5.92 Å². The first kappa shape index (κ1) is 27.2. The molecule has 1 atom stereocenters. The number of fused-ring (bicyclic) bond motifs is 5. The van der Waals surface area contributed by atoms with Crippen molar-refractivity contribution in [1.29, 1.82) is 0 Å². The van der Waals surface area contributed by atoms with Gasteiger partial charge in [-0.2, -0.15) is 0 Å². The molecule has 0 fully saturated rings. The minimum Gasteiger partial charge on any atom is -0.478 e. The van der Waals surface area contributed by atoms with Crippen LogP contribution >= 0.6 is 0 Å². The zero-order valence-corrected chi connectivity index (χ0v) is 23.2. The lowest BCUT2D eigenvalue weighted by Crippen LogP contribution is -2.35. The number of aryl methyl sites for hydroxylation is 1. The maximum Gasteiger partial charge on any atom is 0.407 e. The molecule has 2 aliphatic carbocycles. The van der Waals surface area contributed by atoms with Crippen molar-refractivity contribution in [2.75, 3.05) is 6.54 Å². The second kappa shape index (κ2) is 11.4. The number of hydrogen-bond donors (Lipinski definition) is 2. The number of carbonyl (C=O) groups is 2. The van der Waals surface area contributed by atoms with E-state index in [-0.39, 0.29) is 6.09 Å². The number of aromatic carboxylic acids is 1. The molecule has 2 aliphatic rings. The van der Waals surface area contributed by atoms with Crippen LogP contribution < -0.4 is 5.32 Å². The van der Waals surface area contributed by atoms with E-state index in [1.807, 2.05) is 51.1 Å². The van der Waals surface area contributed by atoms with Gasteiger partial charge in [-0.3, -0.25) is 0 Å². The normalized spacial score (nSPS) is 16.0. The molecule has 0 saturated heterocycles. The topological polar surface area (TPSA) is 75.6 Å². The van der Waals surface area contributed by atoms with Gasteiger partial charge in [-0.05, 0) is 96.3 Å². The van der Waals surface area contributed by atoms with Crippen LogP contribution in [0.3, 0.4) is 0 Å². The van der Waals surface area contributed by atoms with Gasteiger partial charge >= 0.3 is 12.1 Å². The smallest absolute Gasteiger partial charge is 0.407 e. The van der Waals surface area contributed by atoms with E-state index in [0.29, 0.717) is 18.0 Å². The van der Waals surface area contributed by atoms with Crippen molar-refractivity contribution >= 4 is 39.2 Å². The average molecular weight is 534 g/mol. The molecule has 204 valence electrons. The summed E-state index contributed by atoms with van der Waals surface area (Å²) in [5, 5.41) is 16.4. The molecule has 1 amide bonds. The molecular formula is C35H35NO4. The lowest BCUT2D eigenvalue weighted by Gasteiger charge is -2.29. The van der Waals surface area contributed by atoms with E-state index < -0.39 is 11.6 Å². The third kappa shape index (κ3) is 6.26. The number of rotatable bonds is 3. The summed E-state index contributed by atoms with van der Waals surface area (Å²) in [4.78, 5) is 22.5. The summed E-state index contributed by atoms with van der Waals surface area (Å²) in [7, 11) is 0. The van der Waals surface area contributed by atoms with Crippen molar-refractivity contribution in [2.45, 2.75) is 45.6 Å². The molecular weight excluding hydrogens is 498 g/mol. The van der Waals surface area contributed by atoms with E-state index in [1.54, 1.807) is 12.1 Å². The summed E-state index contributed by atoms with van der Waals surface area (Å²) in [6.45, 7) is 6.26. The van der Waals surface area contributed by atoms with Gasteiger partial charge < -0.3 is 15.2 Å². The van der Waals surface area contributed by atoms with Crippen molar-refractivity contribution in [3.05, 3.63) is 113 Å². The van der Waals surface area contributed by atoms with Crippen molar-refractivity contribution in [1.82, 2.24) is 5.32 Å². The number of carbonyl (C=O) groups excluding carboxylic acids is 1. The second-order valence-electron chi connectivity index (χ2n) is 11.4. The first-order valence-corrected chi connectivity index (χ1v) is 13.8. The molecule has 4 aromatic rings. The number of hydrogen-bond acceptors (Lipinski definition) is 3. The Bertz CT molecular complexity index is 1640. The third-order valence-electron chi connectivity index (χ3n) is 7.34. The van der Waals surface area contributed by atoms with Crippen molar-refractivity contribution in [2.24, 2.45) is 5.92 Å². The predicted molar refractivity (Wildman–Crippen MR) is 162 cm³/mol. The fraction of sp³-hybridized carbons (Fsp3) is 0.257. The Hall–Kier alpha value is -4.38. The summed E-state index contributed by atoms with van der Waals surface area (Å²) in [5.41, 5.74) is 5.62. The largest absolute Gasteiger partial charge is 0.478 e. The standard InChI is InChI=1S/C24H27NO2.C11H8O2/c1-24(2,3)27-23(26)25-15-16-8-11-20-18(14-16)10-13-21-19-7-5-4-6-17(19)9-12-22(20)21;12-11(13)10-6-5-8-3-1-2-4-9(8)7-10/h4-9,11-12,16H,10,13-15H2,1-3H3,(H,25,26);1-7H,(H,12,13). The molecule has 40 heavy (non-hydrogen) atoms. The van der Waals surface area contributed by atoms with E-state index in [2.05, 4.69) is 53.9 Å². The van der Waals surface area contributed by atoms with Gasteiger partial charge in [0.25, 0.3) is 0 Å². The highest BCUT2D eigenvalue weighted by Gasteiger charge is 2.24. The highest BCUT2D eigenvalue weighted by Crippen LogP contribution is 2.41. The Labute approximate surface area is 235 Å². The molecule has 4 aromatic carbocycles. The molecule has 0 bridgehead atoms. The van der Waals surface area contributed by atoms with Gasteiger partial charge in [0.15, 0.2) is 0 Å². The monoisotopic (exact) mass is 533 g/mol. The summed E-state index contributed by atoms with van der Waals surface area (Å²) < 4.78 is 5.34. The minimum absolute atomic E-state index is 0.332. The van der Waals surface area contributed by atoms with Crippen LogP contribution in [0.2, 0.25) is 0 Å². The number of allylic oxidation sites excluding steroid dienone is 3. The summed E-state index contributed by atoms with van der Waals surface area (Å²) in [6, 6.07) is 26.0. The maximum atomic E-state index is 11.9. The molecule has 0 spiro atoms. The SMILES string of the molecule is CC(C)(C)OC(=O)NCC1C=CC2=C(CCc3c2ccc2ccccc32)C1.O=C(O)c1ccc2ccccc2c1. The average Bonchev–Trinajstić information content (AvgIpc) is 2.94.